The smallest absolute Gasteiger partial charge is 0.264 e. The number of carbonyl (C=O) groups excluding carboxylic acids is 2. The second-order valence-electron chi connectivity index (χ2n) is 11.1. The third-order valence-corrected chi connectivity index (χ3v) is 8.44. The second-order valence-corrected chi connectivity index (χ2v) is 13.0. The van der Waals surface area contributed by atoms with Crippen molar-refractivity contribution in [1.82, 2.24) is 10.2 Å². The van der Waals surface area contributed by atoms with E-state index >= 15 is 0 Å². The zero-order valence-corrected chi connectivity index (χ0v) is 25.0. The Bertz CT molecular complexity index is 1460. The van der Waals surface area contributed by atoms with Gasteiger partial charge in [0.05, 0.1) is 10.6 Å². The predicted octanol–water partition coefficient (Wildman–Crippen LogP) is 5.28. The third kappa shape index (κ3) is 7.47. The largest absolute Gasteiger partial charge is 0.350 e. The van der Waals surface area contributed by atoms with Crippen LogP contribution in [0.25, 0.3) is 0 Å². The van der Waals surface area contributed by atoms with Crippen LogP contribution >= 0.6 is 0 Å². The Balaban J connectivity index is 2.08. The third-order valence-electron chi connectivity index (χ3n) is 6.66. The normalized spacial score (nSPS) is 12.5. The lowest BCUT2D eigenvalue weighted by Gasteiger charge is -2.34. The zero-order chi connectivity index (χ0) is 29.8. The molecule has 1 N–H and O–H groups in total. The van der Waals surface area contributed by atoms with Gasteiger partial charge < -0.3 is 10.2 Å². The monoisotopic (exact) mass is 567 g/mol. The Morgan fingerprint density at radius 3 is 2.10 bits per heavy atom. The molecule has 0 radical (unpaired) electrons. The fraction of sp³-hybridized carbons (Fsp3) is 0.355. The average molecular weight is 568 g/mol. The Hall–Kier alpha value is -3.72. The van der Waals surface area contributed by atoms with E-state index in [-0.39, 0.29) is 17.3 Å². The molecule has 0 bridgehead atoms. The number of nitrogens with one attached hydrogen (secondary N) is 1. The van der Waals surface area contributed by atoms with Crippen LogP contribution in [0, 0.1) is 26.6 Å². The highest BCUT2D eigenvalue weighted by Crippen LogP contribution is 2.29. The number of halogens is 1. The lowest BCUT2D eigenvalue weighted by Crippen LogP contribution is -2.54. The Labute approximate surface area is 237 Å². The molecule has 0 aliphatic heterocycles. The molecule has 2 amide bonds. The van der Waals surface area contributed by atoms with E-state index in [0.29, 0.717) is 11.3 Å². The van der Waals surface area contributed by atoms with Crippen LogP contribution in [0.4, 0.5) is 10.1 Å². The van der Waals surface area contributed by atoms with Crippen LogP contribution in [-0.4, -0.2) is 43.3 Å². The summed E-state index contributed by atoms with van der Waals surface area (Å²) in [6.07, 6.45) is 0. The number of amides is 2. The summed E-state index contributed by atoms with van der Waals surface area (Å²) >= 11 is 0. The molecule has 9 heteroatoms. The van der Waals surface area contributed by atoms with Gasteiger partial charge in [-0.05, 0) is 95.5 Å². The molecule has 0 unspecified atom stereocenters. The van der Waals surface area contributed by atoms with Gasteiger partial charge in [-0.25, -0.2) is 12.8 Å². The minimum atomic E-state index is -4.16. The van der Waals surface area contributed by atoms with Gasteiger partial charge in [-0.3, -0.25) is 13.9 Å². The quantitative estimate of drug-likeness (QED) is 0.381. The highest BCUT2D eigenvalue weighted by Gasteiger charge is 2.34. The first-order valence-electron chi connectivity index (χ1n) is 13.1. The SMILES string of the molecule is Cc1ccc(S(=O)(=O)N(CC(=O)N(Cc2ccc(F)cc2)[C@H](C)C(=O)NC(C)(C)C)c2cccc(C)c2C)cc1. The molecule has 0 saturated heterocycles. The molecule has 0 aliphatic rings. The van der Waals surface area contributed by atoms with E-state index in [9.17, 15) is 22.4 Å². The van der Waals surface area contributed by atoms with Crippen molar-refractivity contribution in [1.29, 1.82) is 0 Å². The maximum Gasteiger partial charge on any atom is 0.264 e. The summed E-state index contributed by atoms with van der Waals surface area (Å²) in [6.45, 7) is 12.1. The number of rotatable bonds is 9. The van der Waals surface area contributed by atoms with Gasteiger partial charge in [0.25, 0.3) is 10.0 Å². The van der Waals surface area contributed by atoms with Gasteiger partial charge in [-0.15, -0.1) is 0 Å². The lowest BCUT2D eigenvalue weighted by molar-refractivity contribution is -0.140. The molecule has 3 rings (SSSR count). The van der Waals surface area contributed by atoms with Crippen molar-refractivity contribution in [3.05, 3.63) is 94.8 Å². The number of aryl methyl sites for hydroxylation is 2. The van der Waals surface area contributed by atoms with Crippen LogP contribution in [0.15, 0.2) is 71.6 Å². The minimum absolute atomic E-state index is 0.0109. The molecule has 3 aromatic rings. The summed E-state index contributed by atoms with van der Waals surface area (Å²) in [6, 6.07) is 16.4. The Morgan fingerprint density at radius 2 is 1.52 bits per heavy atom. The highest BCUT2D eigenvalue weighted by molar-refractivity contribution is 7.92. The van der Waals surface area contributed by atoms with E-state index in [1.54, 1.807) is 31.2 Å². The van der Waals surface area contributed by atoms with Crippen LogP contribution in [0.5, 0.6) is 0 Å². The maximum atomic E-state index is 14.0. The molecular weight excluding hydrogens is 529 g/mol. The summed E-state index contributed by atoms with van der Waals surface area (Å²) in [5.74, 6) is -1.38. The first-order valence-corrected chi connectivity index (χ1v) is 14.6. The Morgan fingerprint density at radius 1 is 0.925 bits per heavy atom. The molecule has 0 aliphatic carbocycles. The first-order chi connectivity index (χ1) is 18.6. The second kappa shape index (κ2) is 12.2. The molecule has 0 aromatic heterocycles. The zero-order valence-electron chi connectivity index (χ0n) is 24.2. The molecule has 40 heavy (non-hydrogen) atoms. The fourth-order valence-electron chi connectivity index (χ4n) is 4.20. The van der Waals surface area contributed by atoms with Crippen molar-refractivity contribution in [2.24, 2.45) is 0 Å². The highest BCUT2D eigenvalue weighted by atomic mass is 32.2. The summed E-state index contributed by atoms with van der Waals surface area (Å²) in [4.78, 5) is 28.5. The van der Waals surface area contributed by atoms with Crippen LogP contribution < -0.4 is 9.62 Å². The minimum Gasteiger partial charge on any atom is -0.350 e. The van der Waals surface area contributed by atoms with Crippen molar-refractivity contribution in [2.75, 3.05) is 10.8 Å². The average Bonchev–Trinajstić information content (AvgIpc) is 2.87. The number of hydrogen-bond donors (Lipinski definition) is 1. The summed E-state index contributed by atoms with van der Waals surface area (Å²) < 4.78 is 42.7. The predicted molar refractivity (Wildman–Crippen MR) is 156 cm³/mol. The number of nitrogens with zero attached hydrogens (tertiary/aromatic N) is 2. The van der Waals surface area contributed by atoms with E-state index in [1.165, 1.54) is 41.3 Å². The van der Waals surface area contributed by atoms with Crippen molar-refractivity contribution >= 4 is 27.5 Å². The lowest BCUT2D eigenvalue weighted by atomic mass is 10.1. The molecule has 3 aromatic carbocycles. The van der Waals surface area contributed by atoms with Crippen molar-refractivity contribution < 1.29 is 22.4 Å². The molecule has 0 spiro atoms. The van der Waals surface area contributed by atoms with Crippen LogP contribution in [-0.2, 0) is 26.2 Å². The van der Waals surface area contributed by atoms with Gasteiger partial charge in [0.1, 0.15) is 18.4 Å². The first kappa shape index (κ1) is 30.8. The van der Waals surface area contributed by atoms with Crippen molar-refractivity contribution in [3.8, 4) is 0 Å². The van der Waals surface area contributed by atoms with Gasteiger partial charge in [0.2, 0.25) is 11.8 Å². The van der Waals surface area contributed by atoms with E-state index in [4.69, 9.17) is 0 Å². The van der Waals surface area contributed by atoms with Gasteiger partial charge in [-0.2, -0.15) is 0 Å². The number of carbonyl (C=O) groups is 2. The number of anilines is 1. The van der Waals surface area contributed by atoms with Crippen molar-refractivity contribution in [2.45, 2.75) is 71.5 Å². The Kier molecular flexibility index (Phi) is 9.40. The number of benzene rings is 3. The van der Waals surface area contributed by atoms with Gasteiger partial charge in [0, 0.05) is 12.1 Å². The molecular formula is C31H38FN3O4S. The summed E-state index contributed by atoms with van der Waals surface area (Å²) in [5, 5.41) is 2.89. The molecule has 1 atom stereocenters. The van der Waals surface area contributed by atoms with E-state index in [2.05, 4.69) is 5.32 Å². The van der Waals surface area contributed by atoms with Crippen LogP contribution in [0.3, 0.4) is 0 Å². The molecule has 214 valence electrons. The number of hydrogen-bond acceptors (Lipinski definition) is 4. The van der Waals surface area contributed by atoms with Gasteiger partial charge in [-0.1, -0.05) is 42.0 Å². The standard InChI is InChI=1S/C31H38FN3O4S/c1-21-11-17-27(18-12-21)40(38,39)35(28-10-8-9-22(2)23(28)3)20-29(36)34(19-25-13-15-26(32)16-14-25)24(4)30(37)33-31(5,6)7/h8-18,24H,19-20H2,1-7H3,(H,33,37)/t24-/m1/s1. The molecule has 0 saturated carbocycles. The van der Waals surface area contributed by atoms with Gasteiger partial charge in [0.15, 0.2) is 0 Å². The van der Waals surface area contributed by atoms with E-state index in [1.807, 2.05) is 47.6 Å². The summed E-state index contributed by atoms with van der Waals surface area (Å²) in [7, 11) is -4.16. The fourth-order valence-corrected chi connectivity index (χ4v) is 5.67. The van der Waals surface area contributed by atoms with E-state index in [0.717, 1.165) is 21.0 Å². The van der Waals surface area contributed by atoms with Crippen LogP contribution in [0.2, 0.25) is 0 Å². The summed E-state index contributed by atoms with van der Waals surface area (Å²) in [5.41, 5.74) is 2.92. The molecule has 0 fully saturated rings. The van der Waals surface area contributed by atoms with Crippen molar-refractivity contribution in [3.63, 3.8) is 0 Å². The molecule has 0 heterocycles. The van der Waals surface area contributed by atoms with Gasteiger partial charge >= 0.3 is 0 Å². The van der Waals surface area contributed by atoms with Crippen LogP contribution in [0.1, 0.15) is 49.9 Å². The maximum absolute atomic E-state index is 14.0. The van der Waals surface area contributed by atoms with E-state index < -0.39 is 39.9 Å². The molecule has 7 nitrogen and oxygen atoms in total. The topological polar surface area (TPSA) is 86.8 Å². The number of sulfonamides is 1.